The number of carbonyl (C=O) groups excluding carboxylic acids is 2. The maximum atomic E-state index is 12.7. The molecule has 0 unspecified atom stereocenters. The van der Waals surface area contributed by atoms with E-state index in [1.54, 1.807) is 17.8 Å². The van der Waals surface area contributed by atoms with Crippen molar-refractivity contribution in [2.75, 3.05) is 13.6 Å². The molecule has 140 valence electrons. The van der Waals surface area contributed by atoms with Gasteiger partial charge >= 0.3 is 5.97 Å². The molecule has 1 aliphatic rings. The zero-order valence-corrected chi connectivity index (χ0v) is 15.5. The minimum absolute atomic E-state index is 0.231. The van der Waals surface area contributed by atoms with Crippen molar-refractivity contribution >= 4 is 11.9 Å². The second kappa shape index (κ2) is 8.04. The molecule has 1 aromatic carbocycles. The molecule has 0 spiro atoms. The van der Waals surface area contributed by atoms with E-state index in [0.717, 1.165) is 24.2 Å². The lowest BCUT2D eigenvalue weighted by molar-refractivity contribution is -0.138. The van der Waals surface area contributed by atoms with Crippen LogP contribution in [-0.2, 0) is 9.53 Å². The molecule has 1 amide bonds. The van der Waals surface area contributed by atoms with E-state index < -0.39 is 12.1 Å². The highest BCUT2D eigenvalue weighted by molar-refractivity contribution is 5.91. The number of aromatic nitrogens is 2. The van der Waals surface area contributed by atoms with E-state index in [2.05, 4.69) is 5.10 Å². The van der Waals surface area contributed by atoms with Gasteiger partial charge in [-0.25, -0.2) is 9.48 Å². The van der Waals surface area contributed by atoms with Crippen LogP contribution in [-0.4, -0.2) is 46.3 Å². The van der Waals surface area contributed by atoms with Crippen LogP contribution < -0.4 is 0 Å². The summed E-state index contributed by atoms with van der Waals surface area (Å²) in [6.07, 6.45) is 1.43. The Labute approximate surface area is 158 Å². The third-order valence-electron chi connectivity index (χ3n) is 4.50. The number of hydrogen-bond donors (Lipinski definition) is 0. The van der Waals surface area contributed by atoms with Gasteiger partial charge in [0, 0.05) is 19.5 Å². The van der Waals surface area contributed by atoms with Crippen LogP contribution in [0.15, 0.2) is 36.4 Å². The monoisotopic (exact) mass is 366 g/mol. The van der Waals surface area contributed by atoms with E-state index in [1.165, 1.54) is 11.8 Å². The molecule has 1 aromatic heterocycles. The second-order valence-corrected chi connectivity index (χ2v) is 6.69. The van der Waals surface area contributed by atoms with Gasteiger partial charge in [-0.15, -0.1) is 0 Å². The van der Waals surface area contributed by atoms with Crippen LogP contribution in [0.25, 0.3) is 5.69 Å². The van der Waals surface area contributed by atoms with Crippen LogP contribution in [0.2, 0.25) is 0 Å². The summed E-state index contributed by atoms with van der Waals surface area (Å²) in [6, 6.07) is 13.1. The van der Waals surface area contributed by atoms with Crippen molar-refractivity contribution in [3.05, 3.63) is 47.8 Å². The zero-order chi connectivity index (χ0) is 19.4. The zero-order valence-electron chi connectivity index (χ0n) is 15.5. The summed E-state index contributed by atoms with van der Waals surface area (Å²) in [7, 11) is 1.59. The minimum atomic E-state index is -0.940. The average Bonchev–Trinajstić information content (AvgIpc) is 3.44. The smallest absolute Gasteiger partial charge is 0.357 e. The first-order valence-electron chi connectivity index (χ1n) is 8.99. The molecular weight excluding hydrogens is 344 g/mol. The molecule has 27 heavy (non-hydrogen) atoms. The molecule has 0 radical (unpaired) electrons. The molecule has 1 fully saturated rings. The minimum Gasteiger partial charge on any atom is -0.448 e. The van der Waals surface area contributed by atoms with Crippen LogP contribution in [0.5, 0.6) is 0 Å². The highest BCUT2D eigenvalue weighted by atomic mass is 16.5. The average molecular weight is 366 g/mol. The Morgan fingerprint density at radius 1 is 1.37 bits per heavy atom. The molecule has 2 aromatic rings. The van der Waals surface area contributed by atoms with Gasteiger partial charge in [0.25, 0.3) is 5.91 Å². The Kier molecular flexibility index (Phi) is 5.55. The summed E-state index contributed by atoms with van der Waals surface area (Å²) < 4.78 is 6.98. The molecule has 0 bridgehead atoms. The number of ether oxygens (including phenoxy) is 1. The first-order valence-corrected chi connectivity index (χ1v) is 8.99. The molecule has 1 saturated carbocycles. The molecule has 1 atom stereocenters. The van der Waals surface area contributed by atoms with Crippen LogP contribution in [0.3, 0.4) is 0 Å². The maximum Gasteiger partial charge on any atom is 0.357 e. The third kappa shape index (κ3) is 4.34. The van der Waals surface area contributed by atoms with E-state index in [0.29, 0.717) is 18.2 Å². The topological polar surface area (TPSA) is 88.2 Å². The lowest BCUT2D eigenvalue weighted by atomic mass is 10.2. The van der Waals surface area contributed by atoms with Crippen molar-refractivity contribution in [2.45, 2.75) is 38.2 Å². The number of nitriles is 1. The standard InChI is InChI=1S/C20H22N4O3/c1-14(19(25)23(2)12-6-11-21)27-20(26)18-13-17(15-9-10-15)22-24(18)16-7-4-3-5-8-16/h3-5,7-8,13-15H,6,9-10,12H2,1-2H3/t14-/m0/s1. The molecule has 0 N–H and O–H groups in total. The Morgan fingerprint density at radius 3 is 2.70 bits per heavy atom. The van der Waals surface area contributed by atoms with Gasteiger partial charge in [-0.3, -0.25) is 4.79 Å². The maximum absolute atomic E-state index is 12.7. The van der Waals surface area contributed by atoms with Gasteiger partial charge in [-0.05, 0) is 38.0 Å². The number of amides is 1. The van der Waals surface area contributed by atoms with E-state index in [-0.39, 0.29) is 12.3 Å². The number of benzene rings is 1. The molecule has 0 saturated heterocycles. The highest BCUT2D eigenvalue weighted by Gasteiger charge is 2.30. The number of para-hydroxylation sites is 1. The molecule has 7 nitrogen and oxygen atoms in total. The number of nitrogens with zero attached hydrogens (tertiary/aromatic N) is 4. The van der Waals surface area contributed by atoms with Gasteiger partial charge in [0.05, 0.1) is 23.9 Å². The normalized spacial score (nSPS) is 14.3. The van der Waals surface area contributed by atoms with Crippen LogP contribution in [0, 0.1) is 11.3 Å². The van der Waals surface area contributed by atoms with Gasteiger partial charge < -0.3 is 9.64 Å². The molecule has 0 aliphatic heterocycles. The van der Waals surface area contributed by atoms with Crippen molar-refractivity contribution in [3.8, 4) is 11.8 Å². The van der Waals surface area contributed by atoms with Crippen molar-refractivity contribution in [2.24, 2.45) is 0 Å². The summed E-state index contributed by atoms with van der Waals surface area (Å²) in [4.78, 5) is 26.4. The van der Waals surface area contributed by atoms with Crippen LogP contribution >= 0.6 is 0 Å². The molecule has 1 aliphatic carbocycles. The van der Waals surface area contributed by atoms with Gasteiger partial charge in [-0.2, -0.15) is 10.4 Å². The summed E-state index contributed by atoms with van der Waals surface area (Å²) in [5, 5.41) is 13.2. The number of hydrogen-bond acceptors (Lipinski definition) is 5. The summed E-state index contributed by atoms with van der Waals surface area (Å²) in [5.41, 5.74) is 1.94. The van der Waals surface area contributed by atoms with Crippen molar-refractivity contribution < 1.29 is 14.3 Å². The van der Waals surface area contributed by atoms with Gasteiger partial charge in [-0.1, -0.05) is 18.2 Å². The SMILES string of the molecule is C[C@H](OC(=O)c1cc(C2CC2)nn1-c1ccccc1)C(=O)N(C)CCC#N. The lowest BCUT2D eigenvalue weighted by Crippen LogP contribution is -2.38. The number of esters is 1. The van der Waals surface area contributed by atoms with Gasteiger partial charge in [0.2, 0.25) is 0 Å². The Hall–Kier alpha value is -3.14. The molecule has 3 rings (SSSR count). The Morgan fingerprint density at radius 2 is 2.07 bits per heavy atom. The Bertz CT molecular complexity index is 865. The highest BCUT2D eigenvalue weighted by Crippen LogP contribution is 2.39. The molecular formula is C20H22N4O3. The number of likely N-dealkylation sites (N-methyl/N-ethyl adjacent to an activating group) is 1. The fourth-order valence-corrected chi connectivity index (χ4v) is 2.80. The fraction of sp³-hybridized carbons (Fsp3) is 0.400. The summed E-state index contributed by atoms with van der Waals surface area (Å²) in [6.45, 7) is 1.83. The van der Waals surface area contributed by atoms with Crippen LogP contribution in [0.4, 0.5) is 0 Å². The van der Waals surface area contributed by atoms with E-state index >= 15 is 0 Å². The number of carbonyl (C=O) groups is 2. The molecule has 7 heteroatoms. The van der Waals surface area contributed by atoms with E-state index in [1.807, 2.05) is 36.4 Å². The van der Waals surface area contributed by atoms with Crippen molar-refractivity contribution in [1.82, 2.24) is 14.7 Å². The quantitative estimate of drug-likeness (QED) is 0.703. The summed E-state index contributed by atoms with van der Waals surface area (Å²) in [5.74, 6) is -0.544. The first kappa shape index (κ1) is 18.6. The fourth-order valence-electron chi connectivity index (χ4n) is 2.80. The predicted molar refractivity (Wildman–Crippen MR) is 98.3 cm³/mol. The number of rotatable bonds is 7. The predicted octanol–water partition coefficient (Wildman–Crippen LogP) is 2.67. The van der Waals surface area contributed by atoms with Crippen molar-refractivity contribution in [1.29, 1.82) is 5.26 Å². The lowest BCUT2D eigenvalue weighted by Gasteiger charge is -2.20. The molecule has 1 heterocycles. The van der Waals surface area contributed by atoms with E-state index in [4.69, 9.17) is 10.00 Å². The Balaban J connectivity index is 1.78. The van der Waals surface area contributed by atoms with Gasteiger partial charge in [0.15, 0.2) is 11.8 Å². The third-order valence-corrected chi connectivity index (χ3v) is 4.50. The second-order valence-electron chi connectivity index (χ2n) is 6.69. The summed E-state index contributed by atoms with van der Waals surface area (Å²) >= 11 is 0. The first-order chi connectivity index (χ1) is 13.0. The largest absolute Gasteiger partial charge is 0.448 e. The van der Waals surface area contributed by atoms with E-state index in [9.17, 15) is 9.59 Å². The van der Waals surface area contributed by atoms with Crippen molar-refractivity contribution in [3.63, 3.8) is 0 Å². The van der Waals surface area contributed by atoms with Crippen LogP contribution in [0.1, 0.15) is 48.3 Å². The van der Waals surface area contributed by atoms with Gasteiger partial charge in [0.1, 0.15) is 0 Å².